The summed E-state index contributed by atoms with van der Waals surface area (Å²) in [6.07, 6.45) is 6.85. The van der Waals surface area contributed by atoms with Crippen molar-refractivity contribution in [1.29, 1.82) is 0 Å². The topological polar surface area (TPSA) is 68.0 Å². The van der Waals surface area contributed by atoms with Gasteiger partial charge in [0, 0.05) is 16.7 Å². The Labute approximate surface area is 174 Å². The SMILES string of the molecule is C/C=C\C=C(/C)C(=O)Nc1ncnc2oc(-c3ccccc3)c(-c3ccccc3)c12. The van der Waals surface area contributed by atoms with Gasteiger partial charge in [-0.05, 0) is 19.4 Å². The Hall–Kier alpha value is -3.99. The highest BCUT2D eigenvalue weighted by atomic mass is 16.3. The van der Waals surface area contributed by atoms with Gasteiger partial charge >= 0.3 is 0 Å². The second kappa shape index (κ2) is 8.57. The molecule has 0 spiro atoms. The summed E-state index contributed by atoms with van der Waals surface area (Å²) in [5, 5.41) is 3.59. The molecular weight excluding hydrogens is 374 g/mol. The Kier molecular flexibility index (Phi) is 5.52. The first-order valence-electron chi connectivity index (χ1n) is 9.68. The van der Waals surface area contributed by atoms with Gasteiger partial charge in [-0.3, -0.25) is 4.79 Å². The summed E-state index contributed by atoms with van der Waals surface area (Å²) >= 11 is 0. The lowest BCUT2D eigenvalue weighted by atomic mass is 9.99. The van der Waals surface area contributed by atoms with Crippen molar-refractivity contribution >= 4 is 22.8 Å². The molecule has 0 bridgehead atoms. The Balaban J connectivity index is 1.92. The number of hydrogen-bond acceptors (Lipinski definition) is 4. The normalized spacial score (nSPS) is 11.9. The van der Waals surface area contributed by atoms with Crippen LogP contribution in [0.25, 0.3) is 33.6 Å². The van der Waals surface area contributed by atoms with Crippen molar-refractivity contribution in [3.63, 3.8) is 0 Å². The first-order chi connectivity index (χ1) is 14.7. The Morgan fingerprint density at radius 2 is 1.63 bits per heavy atom. The van der Waals surface area contributed by atoms with Gasteiger partial charge in [-0.25, -0.2) is 9.97 Å². The van der Waals surface area contributed by atoms with Crippen LogP contribution in [0.4, 0.5) is 5.82 Å². The molecule has 1 N–H and O–H groups in total. The van der Waals surface area contributed by atoms with E-state index in [2.05, 4.69) is 15.3 Å². The van der Waals surface area contributed by atoms with Crippen LogP contribution in [-0.2, 0) is 4.79 Å². The third-order valence-corrected chi connectivity index (χ3v) is 4.72. The van der Waals surface area contributed by atoms with E-state index in [0.717, 1.165) is 16.7 Å². The van der Waals surface area contributed by atoms with Crippen LogP contribution in [0.1, 0.15) is 13.8 Å². The number of fused-ring (bicyclic) bond motifs is 1. The summed E-state index contributed by atoms with van der Waals surface area (Å²) in [5.74, 6) is 0.881. The fourth-order valence-corrected chi connectivity index (χ4v) is 3.22. The third-order valence-electron chi connectivity index (χ3n) is 4.72. The Morgan fingerprint density at radius 1 is 0.967 bits per heavy atom. The molecule has 148 valence electrons. The van der Waals surface area contributed by atoms with Crippen LogP contribution >= 0.6 is 0 Å². The van der Waals surface area contributed by atoms with E-state index in [1.165, 1.54) is 6.33 Å². The van der Waals surface area contributed by atoms with Gasteiger partial charge in [-0.15, -0.1) is 0 Å². The van der Waals surface area contributed by atoms with Gasteiger partial charge in [0.05, 0.1) is 5.39 Å². The molecule has 4 rings (SSSR count). The molecule has 0 saturated carbocycles. The largest absolute Gasteiger partial charge is 0.437 e. The van der Waals surface area contributed by atoms with Gasteiger partial charge in [0.1, 0.15) is 17.9 Å². The molecule has 5 heteroatoms. The summed E-state index contributed by atoms with van der Waals surface area (Å²) < 4.78 is 6.16. The number of carbonyl (C=O) groups is 1. The fourth-order valence-electron chi connectivity index (χ4n) is 3.22. The van der Waals surface area contributed by atoms with E-state index in [9.17, 15) is 4.79 Å². The molecule has 0 unspecified atom stereocenters. The molecule has 2 aromatic carbocycles. The predicted octanol–water partition coefficient (Wildman–Crippen LogP) is 6.02. The molecule has 0 aliphatic heterocycles. The number of anilines is 1. The summed E-state index contributed by atoms with van der Waals surface area (Å²) in [5.41, 5.74) is 3.74. The minimum atomic E-state index is -0.227. The van der Waals surface area contributed by atoms with Crippen LogP contribution in [0.2, 0.25) is 0 Å². The molecule has 4 aromatic rings. The van der Waals surface area contributed by atoms with Crippen molar-refractivity contribution in [2.45, 2.75) is 13.8 Å². The molecule has 0 fully saturated rings. The van der Waals surface area contributed by atoms with E-state index >= 15 is 0 Å². The van der Waals surface area contributed by atoms with E-state index in [1.807, 2.05) is 79.7 Å². The number of hydrogen-bond donors (Lipinski definition) is 1. The highest BCUT2D eigenvalue weighted by Crippen LogP contribution is 2.42. The maximum Gasteiger partial charge on any atom is 0.252 e. The van der Waals surface area contributed by atoms with E-state index in [4.69, 9.17) is 4.42 Å². The average Bonchev–Trinajstić information content (AvgIpc) is 3.19. The standard InChI is InChI=1S/C25H21N3O2/c1-3-4-11-17(2)24(29)28-23-21-20(18-12-7-5-8-13-18)22(19-14-9-6-10-15-19)30-25(21)27-16-26-23/h3-16H,1-2H3,(H,26,27,28,29)/b4-3-,17-11+. The van der Waals surface area contributed by atoms with Gasteiger partial charge in [0.25, 0.3) is 5.91 Å². The van der Waals surface area contributed by atoms with Crippen molar-refractivity contribution < 1.29 is 9.21 Å². The maximum atomic E-state index is 12.7. The number of amides is 1. The van der Waals surface area contributed by atoms with Crippen molar-refractivity contribution in [2.24, 2.45) is 0 Å². The average molecular weight is 395 g/mol. The maximum absolute atomic E-state index is 12.7. The lowest BCUT2D eigenvalue weighted by Gasteiger charge is -2.08. The number of benzene rings is 2. The summed E-state index contributed by atoms with van der Waals surface area (Å²) in [7, 11) is 0. The van der Waals surface area contributed by atoms with Crippen LogP contribution in [-0.4, -0.2) is 15.9 Å². The first kappa shape index (κ1) is 19.3. The van der Waals surface area contributed by atoms with Gasteiger partial charge in [-0.2, -0.15) is 0 Å². The van der Waals surface area contributed by atoms with Gasteiger partial charge in [-0.1, -0.05) is 78.9 Å². The van der Waals surface area contributed by atoms with Gasteiger partial charge in [0.15, 0.2) is 0 Å². The lowest BCUT2D eigenvalue weighted by Crippen LogP contribution is -2.14. The number of nitrogens with zero attached hydrogens (tertiary/aromatic N) is 2. The Bertz CT molecular complexity index is 1240. The summed E-state index contributed by atoms with van der Waals surface area (Å²) in [6.45, 7) is 3.66. The highest BCUT2D eigenvalue weighted by molar-refractivity contribution is 6.12. The number of allylic oxidation sites excluding steroid dienone is 3. The van der Waals surface area contributed by atoms with Crippen molar-refractivity contribution in [1.82, 2.24) is 9.97 Å². The summed E-state index contributed by atoms with van der Waals surface area (Å²) in [4.78, 5) is 21.4. The first-order valence-corrected chi connectivity index (χ1v) is 9.68. The molecule has 1 amide bonds. The molecule has 0 atom stereocenters. The molecule has 0 radical (unpaired) electrons. The second-order valence-corrected chi connectivity index (χ2v) is 6.77. The zero-order chi connectivity index (χ0) is 20.9. The molecule has 5 nitrogen and oxygen atoms in total. The number of aromatic nitrogens is 2. The number of carbonyl (C=O) groups excluding carboxylic acids is 1. The van der Waals surface area contributed by atoms with Crippen LogP contribution in [0.3, 0.4) is 0 Å². The van der Waals surface area contributed by atoms with Crippen molar-refractivity contribution in [2.75, 3.05) is 5.32 Å². The number of furan rings is 1. The zero-order valence-corrected chi connectivity index (χ0v) is 16.8. The minimum absolute atomic E-state index is 0.227. The monoisotopic (exact) mass is 395 g/mol. The zero-order valence-electron chi connectivity index (χ0n) is 16.8. The molecule has 2 heterocycles. The van der Waals surface area contributed by atoms with Crippen molar-refractivity contribution in [3.8, 4) is 22.5 Å². The highest BCUT2D eigenvalue weighted by Gasteiger charge is 2.22. The lowest BCUT2D eigenvalue weighted by molar-refractivity contribution is -0.112. The fraction of sp³-hybridized carbons (Fsp3) is 0.0800. The van der Waals surface area contributed by atoms with Crippen LogP contribution in [0.5, 0.6) is 0 Å². The van der Waals surface area contributed by atoms with Gasteiger partial charge in [0.2, 0.25) is 5.71 Å². The van der Waals surface area contributed by atoms with Crippen LogP contribution in [0.15, 0.2) is 95.2 Å². The molecule has 0 aliphatic carbocycles. The smallest absolute Gasteiger partial charge is 0.252 e. The summed E-state index contributed by atoms with van der Waals surface area (Å²) in [6, 6.07) is 19.8. The van der Waals surface area contributed by atoms with Crippen LogP contribution < -0.4 is 5.32 Å². The van der Waals surface area contributed by atoms with Gasteiger partial charge < -0.3 is 9.73 Å². The second-order valence-electron chi connectivity index (χ2n) is 6.77. The molecular formula is C25H21N3O2. The van der Waals surface area contributed by atoms with Crippen molar-refractivity contribution in [3.05, 3.63) is 90.8 Å². The quantitative estimate of drug-likeness (QED) is 0.331. The van der Waals surface area contributed by atoms with Crippen LogP contribution in [0, 0.1) is 0 Å². The molecule has 0 aliphatic rings. The van der Waals surface area contributed by atoms with E-state index in [1.54, 1.807) is 13.0 Å². The van der Waals surface area contributed by atoms with E-state index < -0.39 is 0 Å². The molecule has 2 aromatic heterocycles. The van der Waals surface area contributed by atoms with E-state index in [0.29, 0.717) is 28.3 Å². The molecule has 30 heavy (non-hydrogen) atoms. The predicted molar refractivity (Wildman–Crippen MR) is 120 cm³/mol. The minimum Gasteiger partial charge on any atom is -0.437 e. The number of nitrogens with one attached hydrogen (secondary N) is 1. The molecule has 0 saturated heterocycles. The Morgan fingerprint density at radius 3 is 2.30 bits per heavy atom. The number of rotatable bonds is 5. The van der Waals surface area contributed by atoms with E-state index in [-0.39, 0.29) is 5.91 Å². The third kappa shape index (κ3) is 3.78.